The van der Waals surface area contributed by atoms with Crippen LogP contribution >= 0.6 is 11.6 Å². The molecular weight excluding hydrogens is 364 g/mol. The first-order valence-corrected chi connectivity index (χ1v) is 8.40. The first kappa shape index (κ1) is 18.3. The second kappa shape index (κ2) is 7.03. The molecule has 0 aliphatic rings. The zero-order chi connectivity index (χ0) is 19.0. The molecule has 0 radical (unpaired) electrons. The lowest BCUT2D eigenvalue weighted by molar-refractivity contribution is 0.383. The molecule has 0 saturated heterocycles. The van der Waals surface area contributed by atoms with Gasteiger partial charge in [-0.1, -0.05) is 25.4 Å². The van der Waals surface area contributed by atoms with Crippen LogP contribution in [0, 0.1) is 17.6 Å². The molecule has 1 N–H and O–H groups in total. The Kier molecular flexibility index (Phi) is 4.95. The number of halogens is 3. The topological polar surface area (TPSA) is 64.3 Å². The Balaban J connectivity index is 2.28. The summed E-state index contributed by atoms with van der Waals surface area (Å²) in [5.41, 5.74) is 0.160. The van der Waals surface area contributed by atoms with Gasteiger partial charge in [-0.15, -0.1) is 0 Å². The van der Waals surface area contributed by atoms with E-state index in [1.165, 1.54) is 18.0 Å². The molecule has 0 saturated carbocycles. The van der Waals surface area contributed by atoms with Crippen molar-refractivity contribution in [2.24, 2.45) is 5.92 Å². The van der Waals surface area contributed by atoms with E-state index >= 15 is 0 Å². The molecule has 0 aliphatic carbocycles. The summed E-state index contributed by atoms with van der Waals surface area (Å²) < 4.78 is 35.1. The van der Waals surface area contributed by atoms with Gasteiger partial charge in [0.15, 0.2) is 11.6 Å². The van der Waals surface area contributed by atoms with Crippen LogP contribution in [-0.2, 0) is 0 Å². The fraction of sp³-hybridized carbons (Fsp3) is 0.353. The molecule has 3 rings (SSSR count). The van der Waals surface area contributed by atoms with Crippen molar-refractivity contribution in [3.8, 4) is 16.9 Å². The monoisotopic (exact) mass is 381 g/mol. The SMILES string of the molecule is COc1cc(F)c(-c2c(Cl)nc3ncnn3c2NC(C)C(C)C)cc1F. The Hall–Kier alpha value is -2.48. The van der Waals surface area contributed by atoms with Crippen molar-refractivity contribution in [3.05, 3.63) is 35.2 Å². The average Bonchev–Trinajstić information content (AvgIpc) is 3.05. The highest BCUT2D eigenvalue weighted by Gasteiger charge is 2.23. The van der Waals surface area contributed by atoms with Crippen molar-refractivity contribution in [2.75, 3.05) is 12.4 Å². The quantitative estimate of drug-likeness (QED) is 0.671. The Morgan fingerprint density at radius 3 is 2.58 bits per heavy atom. The minimum absolute atomic E-state index is 0.00535. The number of aromatic nitrogens is 4. The standard InChI is InChI=1S/C17H18ClF2N5O/c1-8(2)9(3)23-16-14(15(18)24-17-21-7-22-25(16)17)10-5-12(20)13(26-4)6-11(10)19/h5-9,23H,1-4H3. The van der Waals surface area contributed by atoms with E-state index in [0.29, 0.717) is 5.82 Å². The lowest BCUT2D eigenvalue weighted by Gasteiger charge is -2.22. The maximum atomic E-state index is 14.7. The van der Waals surface area contributed by atoms with Crippen LogP contribution in [-0.4, -0.2) is 32.7 Å². The van der Waals surface area contributed by atoms with Gasteiger partial charge >= 0.3 is 0 Å². The maximum Gasteiger partial charge on any atom is 0.255 e. The number of nitrogens with zero attached hydrogens (tertiary/aromatic N) is 4. The maximum absolute atomic E-state index is 14.7. The summed E-state index contributed by atoms with van der Waals surface area (Å²) in [5, 5.41) is 7.39. The van der Waals surface area contributed by atoms with Crippen molar-refractivity contribution in [1.29, 1.82) is 0 Å². The summed E-state index contributed by atoms with van der Waals surface area (Å²) in [6.07, 6.45) is 1.32. The zero-order valence-corrected chi connectivity index (χ0v) is 15.5. The molecular formula is C17H18ClF2N5O. The third-order valence-corrected chi connectivity index (χ3v) is 4.53. The highest BCUT2D eigenvalue weighted by molar-refractivity contribution is 6.33. The number of benzene rings is 1. The van der Waals surface area contributed by atoms with Gasteiger partial charge in [-0.05, 0) is 18.9 Å². The molecule has 0 bridgehead atoms. The second-order valence-electron chi connectivity index (χ2n) is 6.24. The Morgan fingerprint density at radius 2 is 1.92 bits per heavy atom. The van der Waals surface area contributed by atoms with E-state index in [1.807, 2.05) is 20.8 Å². The van der Waals surface area contributed by atoms with E-state index in [0.717, 1.165) is 12.1 Å². The van der Waals surface area contributed by atoms with Gasteiger partial charge in [0, 0.05) is 17.7 Å². The molecule has 3 aromatic rings. The second-order valence-corrected chi connectivity index (χ2v) is 6.60. The summed E-state index contributed by atoms with van der Waals surface area (Å²) >= 11 is 6.31. The van der Waals surface area contributed by atoms with Crippen LogP contribution in [0.3, 0.4) is 0 Å². The predicted octanol–water partition coefficient (Wildman–Crippen LogP) is 4.19. The van der Waals surface area contributed by atoms with Crippen LogP contribution in [0.2, 0.25) is 5.15 Å². The summed E-state index contributed by atoms with van der Waals surface area (Å²) in [6, 6.07) is 2.01. The average molecular weight is 382 g/mol. The molecule has 1 aromatic carbocycles. The van der Waals surface area contributed by atoms with E-state index in [1.54, 1.807) is 0 Å². The number of ether oxygens (including phenoxy) is 1. The Morgan fingerprint density at radius 1 is 1.19 bits per heavy atom. The molecule has 138 valence electrons. The van der Waals surface area contributed by atoms with Gasteiger partial charge in [0.1, 0.15) is 23.1 Å². The molecule has 6 nitrogen and oxygen atoms in total. The molecule has 9 heteroatoms. The fourth-order valence-electron chi connectivity index (χ4n) is 2.45. The lowest BCUT2D eigenvalue weighted by Crippen LogP contribution is -2.24. The molecule has 26 heavy (non-hydrogen) atoms. The van der Waals surface area contributed by atoms with Gasteiger partial charge < -0.3 is 10.1 Å². The van der Waals surface area contributed by atoms with Crippen molar-refractivity contribution in [3.63, 3.8) is 0 Å². The first-order chi connectivity index (χ1) is 12.3. The van der Waals surface area contributed by atoms with Crippen molar-refractivity contribution >= 4 is 23.2 Å². The van der Waals surface area contributed by atoms with E-state index in [4.69, 9.17) is 16.3 Å². The van der Waals surface area contributed by atoms with Crippen molar-refractivity contribution in [2.45, 2.75) is 26.8 Å². The number of hydrogen-bond acceptors (Lipinski definition) is 5. The van der Waals surface area contributed by atoms with Crippen molar-refractivity contribution in [1.82, 2.24) is 19.6 Å². The van der Waals surface area contributed by atoms with Crippen LogP contribution in [0.1, 0.15) is 20.8 Å². The first-order valence-electron chi connectivity index (χ1n) is 8.02. The summed E-state index contributed by atoms with van der Waals surface area (Å²) in [5.74, 6) is -0.671. The number of anilines is 1. The predicted molar refractivity (Wildman–Crippen MR) is 95.6 cm³/mol. The van der Waals surface area contributed by atoms with Gasteiger partial charge in [0.2, 0.25) is 0 Å². The van der Waals surface area contributed by atoms with Gasteiger partial charge in [-0.2, -0.15) is 19.6 Å². The van der Waals surface area contributed by atoms with Crippen LogP contribution in [0.25, 0.3) is 16.9 Å². The largest absolute Gasteiger partial charge is 0.494 e. The molecule has 2 heterocycles. The number of fused-ring (bicyclic) bond motifs is 1. The highest BCUT2D eigenvalue weighted by atomic mass is 35.5. The Labute approximate surface area is 154 Å². The fourth-order valence-corrected chi connectivity index (χ4v) is 2.71. The molecule has 0 amide bonds. The normalized spacial score (nSPS) is 12.6. The van der Waals surface area contributed by atoms with E-state index in [2.05, 4.69) is 20.4 Å². The van der Waals surface area contributed by atoms with Crippen LogP contribution in [0.5, 0.6) is 5.75 Å². The molecule has 2 aromatic heterocycles. The minimum Gasteiger partial charge on any atom is -0.494 e. The number of nitrogens with one attached hydrogen (secondary N) is 1. The molecule has 0 spiro atoms. The number of hydrogen-bond donors (Lipinski definition) is 1. The summed E-state index contributed by atoms with van der Waals surface area (Å²) in [4.78, 5) is 8.16. The van der Waals surface area contributed by atoms with Gasteiger partial charge in [0.25, 0.3) is 5.78 Å². The van der Waals surface area contributed by atoms with Gasteiger partial charge in [0.05, 0.1) is 12.7 Å². The third kappa shape index (κ3) is 3.16. The molecule has 1 atom stereocenters. The highest BCUT2D eigenvalue weighted by Crippen LogP contribution is 2.38. The van der Waals surface area contributed by atoms with Gasteiger partial charge in [-0.25, -0.2) is 8.78 Å². The van der Waals surface area contributed by atoms with Crippen LogP contribution in [0.4, 0.5) is 14.6 Å². The van der Waals surface area contributed by atoms with E-state index in [-0.39, 0.29) is 39.8 Å². The summed E-state index contributed by atoms with van der Waals surface area (Å²) in [7, 11) is 1.27. The Bertz CT molecular complexity index is 960. The molecule has 0 aliphatic heterocycles. The van der Waals surface area contributed by atoms with E-state index < -0.39 is 11.6 Å². The molecule has 0 fully saturated rings. The molecule has 1 unspecified atom stereocenters. The minimum atomic E-state index is -0.707. The van der Waals surface area contributed by atoms with Crippen molar-refractivity contribution < 1.29 is 13.5 Å². The smallest absolute Gasteiger partial charge is 0.255 e. The van der Waals surface area contributed by atoms with Gasteiger partial charge in [-0.3, -0.25) is 0 Å². The number of methoxy groups -OCH3 is 1. The van der Waals surface area contributed by atoms with Crippen LogP contribution < -0.4 is 10.1 Å². The lowest BCUT2D eigenvalue weighted by atomic mass is 10.0. The number of rotatable bonds is 5. The summed E-state index contributed by atoms with van der Waals surface area (Å²) in [6.45, 7) is 6.04. The van der Waals surface area contributed by atoms with Crippen LogP contribution in [0.15, 0.2) is 18.5 Å². The third-order valence-electron chi connectivity index (χ3n) is 4.26. The van der Waals surface area contributed by atoms with E-state index in [9.17, 15) is 8.78 Å². The zero-order valence-electron chi connectivity index (χ0n) is 14.7.